The minimum Gasteiger partial charge on any atom is -0.478 e. The molecule has 0 bridgehead atoms. The van der Waals surface area contributed by atoms with Gasteiger partial charge in [0.25, 0.3) is 10.1 Å². The average Bonchev–Trinajstić information content (AvgIpc) is 2.91. The summed E-state index contributed by atoms with van der Waals surface area (Å²) < 4.78 is 32.5. The summed E-state index contributed by atoms with van der Waals surface area (Å²) in [6.07, 6.45) is 0.365. The van der Waals surface area contributed by atoms with Crippen LogP contribution in [-0.2, 0) is 10.1 Å². The Hall–Kier alpha value is -3.84. The Morgan fingerprint density at radius 3 is 1.24 bits per heavy atom. The van der Waals surface area contributed by atoms with Crippen LogP contribution in [0.1, 0.15) is 20.7 Å². The Morgan fingerprint density at radius 1 is 0.595 bits per heavy atom. The molecular weight excluding hydrogens is 511 g/mol. The van der Waals surface area contributed by atoms with E-state index in [-0.39, 0.29) is 16.9 Å². The molecule has 190 valence electrons. The Balaban J connectivity index is 0.000000266. The maximum atomic E-state index is 11.5. The lowest BCUT2D eigenvalue weighted by molar-refractivity contribution is 0.0696. The summed E-state index contributed by atoms with van der Waals surface area (Å²) in [7, 11) is -6.24. The molecule has 4 aromatic carbocycles. The lowest BCUT2D eigenvalue weighted by Gasteiger charge is -2.27. The molecule has 0 atom stereocenters. The van der Waals surface area contributed by atoms with E-state index in [1.807, 2.05) is 54.6 Å². The summed E-state index contributed by atoms with van der Waals surface area (Å²) in [6, 6.07) is 35.2. The standard InChI is InChI=1S/C20H19O3PS.C8H6O4/c21-25(22,23)17-16-24(18-10-4-1-5-11-18,19-12-6-2-7-13-19)20-14-8-3-9-15-20;9-7(10)5-2-1-3-6(4-5)8(11)12/h1-15H,16-17H2;1-4H,(H,9,10)(H,11,12)/p+1. The highest BCUT2D eigenvalue weighted by Gasteiger charge is 2.45. The summed E-state index contributed by atoms with van der Waals surface area (Å²) in [5, 5.41) is 20.3. The van der Waals surface area contributed by atoms with Gasteiger partial charge in [0.2, 0.25) is 0 Å². The average molecular weight is 538 g/mol. The van der Waals surface area contributed by atoms with Gasteiger partial charge < -0.3 is 10.2 Å². The topological polar surface area (TPSA) is 129 Å². The summed E-state index contributed by atoms with van der Waals surface area (Å²) >= 11 is 0. The Labute approximate surface area is 216 Å². The van der Waals surface area contributed by atoms with Crippen molar-refractivity contribution in [3.05, 3.63) is 126 Å². The Morgan fingerprint density at radius 2 is 0.946 bits per heavy atom. The molecule has 0 saturated carbocycles. The molecule has 0 aliphatic rings. The van der Waals surface area contributed by atoms with Gasteiger partial charge in [-0.15, -0.1) is 0 Å². The van der Waals surface area contributed by atoms with E-state index in [1.165, 1.54) is 18.2 Å². The van der Waals surface area contributed by atoms with Crippen molar-refractivity contribution in [1.29, 1.82) is 0 Å². The molecule has 0 heterocycles. The zero-order valence-electron chi connectivity index (χ0n) is 19.7. The zero-order chi connectivity index (χ0) is 26.9. The summed E-state index contributed by atoms with van der Waals surface area (Å²) in [5.74, 6) is -2.52. The smallest absolute Gasteiger partial charge is 0.335 e. The fourth-order valence-electron chi connectivity index (χ4n) is 3.92. The Bertz CT molecular complexity index is 1320. The molecule has 9 heteroatoms. The number of carboxylic acids is 2. The molecule has 0 aliphatic carbocycles. The van der Waals surface area contributed by atoms with Crippen LogP contribution in [0.5, 0.6) is 0 Å². The molecule has 3 N–H and O–H groups in total. The van der Waals surface area contributed by atoms with Crippen molar-refractivity contribution >= 4 is 45.2 Å². The molecule has 0 saturated heterocycles. The van der Waals surface area contributed by atoms with Crippen LogP contribution in [0.2, 0.25) is 0 Å². The van der Waals surface area contributed by atoms with Gasteiger partial charge in [-0.05, 0) is 54.6 Å². The molecule has 0 radical (unpaired) electrons. The first kappa shape index (κ1) is 27.7. The van der Waals surface area contributed by atoms with Crippen LogP contribution in [0, 0.1) is 0 Å². The molecule has 0 spiro atoms. The number of benzene rings is 4. The molecule has 0 unspecified atom stereocenters. The number of hydrogen-bond donors (Lipinski definition) is 3. The summed E-state index contributed by atoms with van der Waals surface area (Å²) in [5.41, 5.74) is -0.0372. The largest absolute Gasteiger partial charge is 0.478 e. The number of hydrogen-bond acceptors (Lipinski definition) is 4. The minimum atomic E-state index is -4.05. The van der Waals surface area contributed by atoms with Gasteiger partial charge in [0.15, 0.2) is 0 Å². The molecule has 0 fully saturated rings. The fraction of sp³-hybridized carbons (Fsp3) is 0.0714. The maximum absolute atomic E-state index is 11.5. The first-order chi connectivity index (χ1) is 17.6. The van der Waals surface area contributed by atoms with E-state index < -0.39 is 29.3 Å². The van der Waals surface area contributed by atoms with Gasteiger partial charge in [-0.1, -0.05) is 60.7 Å². The molecule has 4 rings (SSSR count). The van der Waals surface area contributed by atoms with Gasteiger partial charge in [0.05, 0.1) is 17.3 Å². The third kappa shape index (κ3) is 7.33. The molecule has 0 aliphatic heterocycles. The fourth-order valence-corrected chi connectivity index (χ4v) is 9.65. The number of carboxylic acid groups (broad SMARTS) is 2. The van der Waals surface area contributed by atoms with Gasteiger partial charge >= 0.3 is 11.9 Å². The van der Waals surface area contributed by atoms with Crippen LogP contribution in [0.3, 0.4) is 0 Å². The van der Waals surface area contributed by atoms with E-state index in [0.717, 1.165) is 22.0 Å². The van der Waals surface area contributed by atoms with E-state index in [0.29, 0.717) is 6.16 Å². The van der Waals surface area contributed by atoms with Crippen molar-refractivity contribution in [3.8, 4) is 0 Å². The number of carbonyl (C=O) groups is 2. The first-order valence-electron chi connectivity index (χ1n) is 11.2. The molecule has 0 aromatic heterocycles. The van der Waals surface area contributed by atoms with E-state index in [4.69, 9.17) is 10.2 Å². The molecule has 37 heavy (non-hydrogen) atoms. The monoisotopic (exact) mass is 537 g/mol. The van der Waals surface area contributed by atoms with Crippen molar-refractivity contribution < 1.29 is 32.8 Å². The van der Waals surface area contributed by atoms with E-state index in [2.05, 4.69) is 36.4 Å². The second-order valence-corrected chi connectivity index (χ2v) is 13.2. The summed E-state index contributed by atoms with van der Waals surface area (Å²) in [4.78, 5) is 20.8. The predicted molar refractivity (Wildman–Crippen MR) is 147 cm³/mol. The van der Waals surface area contributed by atoms with Crippen molar-refractivity contribution in [1.82, 2.24) is 0 Å². The SMILES string of the molecule is O=C(O)c1cccc(C(=O)O)c1.O=S(=O)(O)CC[P+](c1ccccc1)(c1ccccc1)c1ccccc1. The van der Waals surface area contributed by atoms with E-state index in [1.54, 1.807) is 0 Å². The van der Waals surface area contributed by atoms with Gasteiger partial charge in [-0.2, -0.15) is 8.42 Å². The second-order valence-electron chi connectivity index (χ2n) is 8.02. The maximum Gasteiger partial charge on any atom is 0.335 e. The molecule has 7 nitrogen and oxygen atoms in total. The first-order valence-corrected chi connectivity index (χ1v) is 14.8. The van der Waals surface area contributed by atoms with Crippen LogP contribution in [0.4, 0.5) is 0 Å². The van der Waals surface area contributed by atoms with Gasteiger partial charge in [-0.25, -0.2) is 9.59 Å². The van der Waals surface area contributed by atoms with Crippen molar-refractivity contribution in [2.45, 2.75) is 0 Å². The van der Waals surface area contributed by atoms with Crippen LogP contribution >= 0.6 is 7.26 Å². The normalized spacial score (nSPS) is 11.2. The second kappa shape index (κ2) is 12.4. The van der Waals surface area contributed by atoms with Crippen molar-refractivity contribution in [3.63, 3.8) is 0 Å². The van der Waals surface area contributed by atoms with Crippen molar-refractivity contribution in [2.24, 2.45) is 0 Å². The molecule has 0 amide bonds. The minimum absolute atomic E-state index is 0.0186. The van der Waals surface area contributed by atoms with E-state index in [9.17, 15) is 22.6 Å². The summed E-state index contributed by atoms with van der Waals surface area (Å²) in [6.45, 7) is 0. The third-order valence-corrected chi connectivity index (χ3v) is 11.1. The molecule has 4 aromatic rings. The van der Waals surface area contributed by atoms with Gasteiger partial charge in [0.1, 0.15) is 28.9 Å². The Kier molecular flexibility index (Phi) is 9.31. The predicted octanol–water partition coefficient (Wildman–Crippen LogP) is 3.95. The van der Waals surface area contributed by atoms with Gasteiger partial charge in [0, 0.05) is 0 Å². The molecular formula is C28H26O7PS+. The van der Waals surface area contributed by atoms with Crippen LogP contribution < -0.4 is 15.9 Å². The number of aromatic carboxylic acids is 2. The lowest BCUT2D eigenvalue weighted by Crippen LogP contribution is -2.35. The van der Waals surface area contributed by atoms with Crippen LogP contribution in [-0.4, -0.2) is 47.0 Å². The highest BCUT2D eigenvalue weighted by Crippen LogP contribution is 2.55. The van der Waals surface area contributed by atoms with E-state index >= 15 is 0 Å². The highest BCUT2D eigenvalue weighted by molar-refractivity contribution is 7.96. The van der Waals surface area contributed by atoms with Crippen LogP contribution in [0.15, 0.2) is 115 Å². The number of rotatable bonds is 8. The van der Waals surface area contributed by atoms with Gasteiger partial charge in [-0.3, -0.25) is 4.55 Å². The highest BCUT2D eigenvalue weighted by atomic mass is 32.2. The quantitative estimate of drug-likeness (QED) is 0.229. The zero-order valence-corrected chi connectivity index (χ0v) is 21.4. The van der Waals surface area contributed by atoms with Crippen molar-refractivity contribution in [2.75, 3.05) is 11.9 Å². The van der Waals surface area contributed by atoms with Crippen LogP contribution in [0.25, 0.3) is 0 Å². The third-order valence-electron chi connectivity index (χ3n) is 5.63. The lowest BCUT2D eigenvalue weighted by atomic mass is 10.1.